The number of ether oxygens (including phenoxy) is 1. The van der Waals surface area contributed by atoms with Gasteiger partial charge in [-0.1, -0.05) is 18.2 Å². The van der Waals surface area contributed by atoms with E-state index in [1.807, 2.05) is 30.3 Å². The zero-order chi connectivity index (χ0) is 25.1. The second kappa shape index (κ2) is 9.58. The van der Waals surface area contributed by atoms with Crippen LogP contribution in [0.5, 0.6) is 5.88 Å². The molecule has 0 unspecified atom stereocenters. The van der Waals surface area contributed by atoms with Gasteiger partial charge in [-0.05, 0) is 47.5 Å². The predicted octanol–water partition coefficient (Wildman–Crippen LogP) is 2.95. The third kappa shape index (κ3) is 4.66. The molecule has 5 rings (SSSR count). The fourth-order valence-corrected chi connectivity index (χ4v) is 3.84. The fourth-order valence-electron chi connectivity index (χ4n) is 3.84. The molecule has 3 heterocycles. The number of hydrogen-bond donors (Lipinski definition) is 1. The van der Waals surface area contributed by atoms with E-state index < -0.39 is 23.3 Å². The molecule has 0 bridgehead atoms. The Balaban J connectivity index is 1.42. The van der Waals surface area contributed by atoms with Crippen LogP contribution < -0.4 is 4.74 Å². The minimum absolute atomic E-state index is 0.139. The Morgan fingerprint density at radius 2 is 1.83 bits per heavy atom. The number of halogens is 2. The fraction of sp³-hybridized carbons (Fsp3) is 0.167. The lowest BCUT2D eigenvalue weighted by atomic mass is 9.88. The van der Waals surface area contributed by atoms with Crippen molar-refractivity contribution in [2.75, 3.05) is 0 Å². The number of hydrogen-bond acceptors (Lipinski definition) is 8. The molecule has 0 fully saturated rings. The Morgan fingerprint density at radius 3 is 2.53 bits per heavy atom. The summed E-state index contributed by atoms with van der Waals surface area (Å²) in [4.78, 5) is 9.52. The molecule has 3 aromatic heterocycles. The predicted molar refractivity (Wildman–Crippen MR) is 123 cm³/mol. The standard InChI is InChI=1S/C24H20F2N8O2/c1-16(24(35,12-33-15-27-13-30-33)21-7-4-19(25)11-22(21)26)36-23-10-18(8-9-28-23)17-2-5-20(6-3-17)34-31-14-29-32-34/h2-11,13-16,35H,12H2,1H3/t16-,24-/m1/s1. The summed E-state index contributed by atoms with van der Waals surface area (Å²) in [5.41, 5.74) is 0.366. The van der Waals surface area contributed by atoms with Gasteiger partial charge < -0.3 is 9.84 Å². The highest BCUT2D eigenvalue weighted by molar-refractivity contribution is 5.65. The molecule has 0 saturated heterocycles. The molecule has 0 radical (unpaired) electrons. The molecule has 12 heteroatoms. The summed E-state index contributed by atoms with van der Waals surface area (Å²) in [5.74, 6) is -1.45. The summed E-state index contributed by atoms with van der Waals surface area (Å²) in [6.07, 6.45) is 4.59. The van der Waals surface area contributed by atoms with Gasteiger partial charge in [0, 0.05) is 23.9 Å². The molecule has 36 heavy (non-hydrogen) atoms. The van der Waals surface area contributed by atoms with E-state index >= 15 is 0 Å². The quantitative estimate of drug-likeness (QED) is 0.353. The van der Waals surface area contributed by atoms with Crippen molar-refractivity contribution >= 4 is 0 Å². The Bertz CT molecular complexity index is 1450. The molecule has 0 spiro atoms. The van der Waals surface area contributed by atoms with Crippen molar-refractivity contribution in [1.29, 1.82) is 0 Å². The lowest BCUT2D eigenvalue weighted by Gasteiger charge is -2.34. The van der Waals surface area contributed by atoms with Crippen LogP contribution >= 0.6 is 0 Å². The van der Waals surface area contributed by atoms with Crippen LogP contribution in [0.4, 0.5) is 8.78 Å². The number of nitrogens with zero attached hydrogens (tertiary/aromatic N) is 8. The lowest BCUT2D eigenvalue weighted by Crippen LogP contribution is -2.45. The van der Waals surface area contributed by atoms with Crippen LogP contribution in [-0.4, -0.2) is 51.2 Å². The second-order valence-corrected chi connectivity index (χ2v) is 8.06. The first-order valence-electron chi connectivity index (χ1n) is 10.9. The summed E-state index contributed by atoms with van der Waals surface area (Å²) in [5, 5.41) is 27.2. The van der Waals surface area contributed by atoms with Gasteiger partial charge in [0.15, 0.2) is 6.33 Å². The first kappa shape index (κ1) is 23.2. The van der Waals surface area contributed by atoms with E-state index in [1.165, 1.54) is 34.5 Å². The summed E-state index contributed by atoms with van der Waals surface area (Å²) < 4.78 is 35.7. The van der Waals surface area contributed by atoms with Crippen molar-refractivity contribution in [3.63, 3.8) is 0 Å². The maximum absolute atomic E-state index is 14.8. The van der Waals surface area contributed by atoms with Gasteiger partial charge in [0.2, 0.25) is 5.88 Å². The van der Waals surface area contributed by atoms with Crippen molar-refractivity contribution < 1.29 is 18.6 Å². The van der Waals surface area contributed by atoms with Crippen LogP contribution in [0.25, 0.3) is 16.8 Å². The minimum Gasteiger partial charge on any atom is -0.471 e. The average molecular weight is 490 g/mol. The van der Waals surface area contributed by atoms with E-state index in [1.54, 1.807) is 19.2 Å². The summed E-state index contributed by atoms with van der Waals surface area (Å²) in [7, 11) is 0. The third-order valence-corrected chi connectivity index (χ3v) is 5.75. The molecule has 10 nitrogen and oxygen atoms in total. The van der Waals surface area contributed by atoms with Crippen molar-refractivity contribution in [3.8, 4) is 22.7 Å². The molecule has 0 aliphatic heterocycles. The highest BCUT2D eigenvalue weighted by atomic mass is 19.1. The number of aliphatic hydroxyl groups is 1. The van der Waals surface area contributed by atoms with Crippen molar-refractivity contribution in [1.82, 2.24) is 40.0 Å². The molecular formula is C24H20F2N8O2. The largest absolute Gasteiger partial charge is 0.471 e. The molecule has 2 atom stereocenters. The molecule has 0 aliphatic carbocycles. The zero-order valence-electron chi connectivity index (χ0n) is 19.0. The minimum atomic E-state index is -1.92. The molecule has 5 aromatic rings. The van der Waals surface area contributed by atoms with Gasteiger partial charge in [-0.15, -0.1) is 15.0 Å². The normalized spacial score (nSPS) is 13.8. The summed E-state index contributed by atoms with van der Waals surface area (Å²) in [6, 6.07) is 13.9. The van der Waals surface area contributed by atoms with Gasteiger partial charge in [0.05, 0.1) is 12.2 Å². The molecule has 182 valence electrons. The first-order valence-corrected chi connectivity index (χ1v) is 10.9. The Hall–Kier alpha value is -4.58. The smallest absolute Gasteiger partial charge is 0.214 e. The topological polar surface area (TPSA) is 117 Å². The van der Waals surface area contributed by atoms with Crippen LogP contribution in [0.2, 0.25) is 0 Å². The highest BCUT2D eigenvalue weighted by Gasteiger charge is 2.41. The van der Waals surface area contributed by atoms with Crippen LogP contribution in [0.3, 0.4) is 0 Å². The number of benzene rings is 2. The number of pyridine rings is 1. The zero-order valence-corrected chi connectivity index (χ0v) is 19.0. The maximum Gasteiger partial charge on any atom is 0.214 e. The monoisotopic (exact) mass is 490 g/mol. The van der Waals surface area contributed by atoms with Crippen LogP contribution in [0, 0.1) is 11.6 Å². The van der Waals surface area contributed by atoms with Crippen LogP contribution in [-0.2, 0) is 12.1 Å². The molecule has 1 N–H and O–H groups in total. The lowest BCUT2D eigenvalue weighted by molar-refractivity contribution is -0.0773. The second-order valence-electron chi connectivity index (χ2n) is 8.06. The van der Waals surface area contributed by atoms with Gasteiger partial charge in [-0.3, -0.25) is 0 Å². The van der Waals surface area contributed by atoms with Gasteiger partial charge in [0.25, 0.3) is 0 Å². The SMILES string of the molecule is C[C@@H](Oc1cc(-c2ccc(-n3ncnn3)cc2)ccn1)[C@](O)(Cn1cncn1)c1ccc(F)cc1F. The van der Waals surface area contributed by atoms with Crippen LogP contribution in [0.1, 0.15) is 12.5 Å². The van der Waals surface area contributed by atoms with E-state index in [0.29, 0.717) is 6.07 Å². The van der Waals surface area contributed by atoms with E-state index in [0.717, 1.165) is 22.9 Å². The Morgan fingerprint density at radius 1 is 1.00 bits per heavy atom. The van der Waals surface area contributed by atoms with E-state index in [2.05, 4.69) is 30.5 Å². The van der Waals surface area contributed by atoms with Gasteiger partial charge >= 0.3 is 0 Å². The van der Waals surface area contributed by atoms with E-state index in [4.69, 9.17) is 4.74 Å². The number of tetrazole rings is 1. The van der Waals surface area contributed by atoms with Crippen LogP contribution in [0.15, 0.2) is 79.8 Å². The Kier molecular flexibility index (Phi) is 6.17. The van der Waals surface area contributed by atoms with Crippen molar-refractivity contribution in [3.05, 3.63) is 97.0 Å². The molecule has 0 aliphatic rings. The molecule has 0 amide bonds. The van der Waals surface area contributed by atoms with Gasteiger partial charge in [-0.2, -0.15) is 5.10 Å². The average Bonchev–Trinajstić information content (AvgIpc) is 3.59. The first-order chi connectivity index (χ1) is 17.4. The highest BCUT2D eigenvalue weighted by Crippen LogP contribution is 2.33. The van der Waals surface area contributed by atoms with E-state index in [-0.39, 0.29) is 18.0 Å². The molecule has 0 saturated carbocycles. The van der Waals surface area contributed by atoms with Crippen molar-refractivity contribution in [2.45, 2.75) is 25.2 Å². The third-order valence-electron chi connectivity index (χ3n) is 5.75. The van der Waals surface area contributed by atoms with Gasteiger partial charge in [-0.25, -0.2) is 23.4 Å². The number of aromatic nitrogens is 8. The Labute approximate surface area is 203 Å². The maximum atomic E-state index is 14.8. The van der Waals surface area contributed by atoms with Gasteiger partial charge in [0.1, 0.15) is 36.0 Å². The molecular weight excluding hydrogens is 470 g/mol. The summed E-state index contributed by atoms with van der Waals surface area (Å²) >= 11 is 0. The summed E-state index contributed by atoms with van der Waals surface area (Å²) in [6.45, 7) is 1.39. The number of rotatable bonds is 8. The van der Waals surface area contributed by atoms with Crippen molar-refractivity contribution in [2.24, 2.45) is 0 Å². The molecule has 2 aromatic carbocycles. The van der Waals surface area contributed by atoms with E-state index in [9.17, 15) is 13.9 Å².